The fraction of sp³-hybridized carbons (Fsp3) is 0.222. The van der Waals surface area contributed by atoms with Crippen LogP contribution in [0.25, 0.3) is 0 Å². The van der Waals surface area contributed by atoms with Crippen LogP contribution >= 0.6 is 12.0 Å². The van der Waals surface area contributed by atoms with E-state index in [4.69, 9.17) is 4.55 Å². The molecule has 0 spiro atoms. The van der Waals surface area contributed by atoms with Gasteiger partial charge in [0.1, 0.15) is 0 Å². The zero-order chi connectivity index (χ0) is 8.39. The molecule has 0 radical (unpaired) electrons. The Morgan fingerprint density at radius 1 is 1.58 bits per heavy atom. The lowest BCUT2D eigenvalue weighted by atomic mass is 9.95. The van der Waals surface area contributed by atoms with Gasteiger partial charge >= 0.3 is 0 Å². The molecule has 1 N–H and O–H groups in total. The largest absolute Gasteiger partial charge is 0.325 e. The molecule has 1 aliphatic carbocycles. The third kappa shape index (κ3) is 1.26. The number of hydrogen-bond donors (Lipinski definition) is 1. The topological polar surface area (TPSA) is 32.6 Å². The number of aliphatic imine (C=N–C) groups is 1. The molecule has 0 fully saturated rings. The number of dihydropyridines is 1. The van der Waals surface area contributed by atoms with Crippen LogP contribution in [0.1, 0.15) is 6.42 Å². The molecule has 1 heterocycles. The van der Waals surface area contributed by atoms with Crippen LogP contribution < -0.4 is 0 Å². The van der Waals surface area contributed by atoms with Crippen molar-refractivity contribution in [2.75, 3.05) is 0 Å². The number of rotatable bonds is 1. The Labute approximate surface area is 75.6 Å². The quantitative estimate of drug-likeness (QED) is 0.627. The molecule has 62 valence electrons. The average Bonchev–Trinajstić information content (AvgIpc) is 2.17. The predicted molar refractivity (Wildman–Crippen MR) is 52.1 cm³/mol. The van der Waals surface area contributed by atoms with Crippen molar-refractivity contribution < 1.29 is 4.55 Å². The van der Waals surface area contributed by atoms with Crippen LogP contribution in [-0.4, -0.2) is 10.8 Å². The minimum Gasteiger partial charge on any atom is -0.325 e. The van der Waals surface area contributed by atoms with Crippen LogP contribution in [-0.2, 0) is 0 Å². The second-order valence-corrected chi connectivity index (χ2v) is 3.37. The maximum absolute atomic E-state index is 8.94. The standard InChI is InChI=1S/C9H9NOS/c11-12-8-5-1-3-7-4-2-6-10-9(7)8/h1-2,4-7,11H,3H2/t7-/m0/s1. The number of nitrogens with zero attached hydrogens (tertiary/aromatic N) is 1. The smallest absolute Gasteiger partial charge is 0.0633 e. The summed E-state index contributed by atoms with van der Waals surface area (Å²) in [5, 5.41) is 0. The summed E-state index contributed by atoms with van der Waals surface area (Å²) in [5.41, 5.74) is 0.993. The maximum Gasteiger partial charge on any atom is 0.0633 e. The Bertz CT molecular complexity index is 302. The fourth-order valence-electron chi connectivity index (χ4n) is 1.41. The third-order valence-electron chi connectivity index (χ3n) is 2.00. The molecule has 1 atom stereocenters. The predicted octanol–water partition coefficient (Wildman–Crippen LogP) is 2.62. The summed E-state index contributed by atoms with van der Waals surface area (Å²) < 4.78 is 8.94. The Hall–Kier alpha value is -0.800. The minimum atomic E-state index is 0.370. The highest BCUT2D eigenvalue weighted by molar-refractivity contribution is 7.97. The van der Waals surface area contributed by atoms with Gasteiger partial charge in [0, 0.05) is 24.2 Å². The van der Waals surface area contributed by atoms with Gasteiger partial charge in [0.05, 0.1) is 10.6 Å². The summed E-state index contributed by atoms with van der Waals surface area (Å²) in [7, 11) is 0. The number of allylic oxidation sites excluding steroid dienone is 4. The van der Waals surface area contributed by atoms with Crippen molar-refractivity contribution in [3.63, 3.8) is 0 Å². The van der Waals surface area contributed by atoms with E-state index < -0.39 is 0 Å². The highest BCUT2D eigenvalue weighted by atomic mass is 32.2. The van der Waals surface area contributed by atoms with Crippen LogP contribution in [0.15, 0.2) is 39.9 Å². The van der Waals surface area contributed by atoms with E-state index in [1.807, 2.05) is 12.2 Å². The van der Waals surface area contributed by atoms with E-state index in [2.05, 4.69) is 17.1 Å². The summed E-state index contributed by atoms with van der Waals surface area (Å²) in [6.45, 7) is 0. The summed E-state index contributed by atoms with van der Waals surface area (Å²) in [5.74, 6) is 0.370. The van der Waals surface area contributed by atoms with Crippen molar-refractivity contribution in [2.24, 2.45) is 10.9 Å². The molecule has 0 aromatic carbocycles. The molecule has 0 aromatic rings. The molecule has 2 rings (SSSR count). The van der Waals surface area contributed by atoms with E-state index in [9.17, 15) is 0 Å². The van der Waals surface area contributed by atoms with Gasteiger partial charge in [-0.15, -0.1) is 0 Å². The molecule has 2 nitrogen and oxygen atoms in total. The second-order valence-electron chi connectivity index (χ2n) is 2.75. The van der Waals surface area contributed by atoms with Gasteiger partial charge in [-0.05, 0) is 18.6 Å². The van der Waals surface area contributed by atoms with Crippen molar-refractivity contribution in [3.8, 4) is 0 Å². The first kappa shape index (κ1) is 7.83. The summed E-state index contributed by atoms with van der Waals surface area (Å²) in [6, 6.07) is 0. The lowest BCUT2D eigenvalue weighted by Crippen LogP contribution is -2.06. The molecule has 0 bridgehead atoms. The first-order valence-corrected chi connectivity index (χ1v) is 4.62. The molecule has 0 unspecified atom stereocenters. The van der Waals surface area contributed by atoms with E-state index in [1.54, 1.807) is 6.21 Å². The van der Waals surface area contributed by atoms with Gasteiger partial charge in [0.15, 0.2) is 0 Å². The van der Waals surface area contributed by atoms with E-state index in [0.29, 0.717) is 5.92 Å². The van der Waals surface area contributed by atoms with E-state index >= 15 is 0 Å². The van der Waals surface area contributed by atoms with E-state index in [-0.39, 0.29) is 0 Å². The fourth-order valence-corrected chi connectivity index (χ4v) is 1.87. The molecular weight excluding hydrogens is 170 g/mol. The van der Waals surface area contributed by atoms with Crippen LogP contribution in [0.3, 0.4) is 0 Å². The van der Waals surface area contributed by atoms with Crippen LogP contribution in [0.4, 0.5) is 0 Å². The van der Waals surface area contributed by atoms with Crippen molar-refractivity contribution in [1.82, 2.24) is 0 Å². The summed E-state index contributed by atoms with van der Waals surface area (Å²) in [4.78, 5) is 5.11. The normalized spacial score (nSPS) is 26.2. The molecule has 0 saturated carbocycles. The molecule has 12 heavy (non-hydrogen) atoms. The Morgan fingerprint density at radius 3 is 3.33 bits per heavy atom. The lowest BCUT2D eigenvalue weighted by Gasteiger charge is -2.19. The maximum atomic E-state index is 8.94. The van der Waals surface area contributed by atoms with Crippen molar-refractivity contribution in [3.05, 3.63) is 34.9 Å². The van der Waals surface area contributed by atoms with Gasteiger partial charge in [-0.1, -0.05) is 12.2 Å². The van der Waals surface area contributed by atoms with Crippen LogP contribution in [0.5, 0.6) is 0 Å². The third-order valence-corrected chi connectivity index (χ3v) is 2.55. The van der Waals surface area contributed by atoms with Gasteiger partial charge in [0.2, 0.25) is 0 Å². The first-order chi connectivity index (χ1) is 5.92. The molecule has 1 aliphatic heterocycles. The van der Waals surface area contributed by atoms with Crippen molar-refractivity contribution in [1.29, 1.82) is 0 Å². The van der Waals surface area contributed by atoms with Crippen molar-refractivity contribution >= 4 is 18.3 Å². The second kappa shape index (κ2) is 3.29. The highest BCUT2D eigenvalue weighted by Crippen LogP contribution is 2.33. The Kier molecular flexibility index (Phi) is 2.15. The molecule has 0 amide bonds. The van der Waals surface area contributed by atoms with E-state index in [1.165, 1.54) is 0 Å². The lowest BCUT2D eigenvalue weighted by molar-refractivity contribution is 0.666. The molecule has 0 saturated heterocycles. The zero-order valence-corrected chi connectivity index (χ0v) is 7.29. The van der Waals surface area contributed by atoms with Gasteiger partial charge in [-0.25, -0.2) is 0 Å². The molecule has 3 heteroatoms. The average molecular weight is 179 g/mol. The van der Waals surface area contributed by atoms with Crippen LogP contribution in [0.2, 0.25) is 0 Å². The van der Waals surface area contributed by atoms with Crippen LogP contribution in [0, 0.1) is 5.92 Å². The monoisotopic (exact) mass is 179 g/mol. The van der Waals surface area contributed by atoms with Gasteiger partial charge in [-0.2, -0.15) is 0 Å². The SMILES string of the molecule is OSC1=C2N=CC=C[C@@H]2CC=C1. The number of hydrogen-bond acceptors (Lipinski definition) is 3. The molecular formula is C9H9NOS. The Balaban J connectivity index is 2.39. The Morgan fingerprint density at radius 2 is 2.50 bits per heavy atom. The summed E-state index contributed by atoms with van der Waals surface area (Å²) in [6.07, 6.45) is 10.8. The summed E-state index contributed by atoms with van der Waals surface area (Å²) >= 11 is 0.777. The van der Waals surface area contributed by atoms with Gasteiger partial charge in [-0.3, -0.25) is 4.99 Å². The van der Waals surface area contributed by atoms with Gasteiger partial charge in [0.25, 0.3) is 0 Å². The number of fused-ring (bicyclic) bond motifs is 1. The molecule has 2 aliphatic rings. The minimum absolute atomic E-state index is 0.370. The van der Waals surface area contributed by atoms with Gasteiger partial charge < -0.3 is 4.55 Å². The molecule has 0 aromatic heterocycles. The zero-order valence-electron chi connectivity index (χ0n) is 6.47. The first-order valence-electron chi connectivity index (χ1n) is 3.85. The van der Waals surface area contributed by atoms with E-state index in [0.717, 1.165) is 29.1 Å². The van der Waals surface area contributed by atoms with Crippen molar-refractivity contribution in [2.45, 2.75) is 6.42 Å². The highest BCUT2D eigenvalue weighted by Gasteiger charge is 2.18.